The molecule has 2 heterocycles. The monoisotopic (exact) mass is 529 g/mol. The van der Waals surface area contributed by atoms with Gasteiger partial charge in [-0.15, -0.1) is 11.8 Å². The fourth-order valence-corrected chi connectivity index (χ4v) is 5.45. The first-order valence-corrected chi connectivity index (χ1v) is 12.2. The van der Waals surface area contributed by atoms with Crippen molar-refractivity contribution < 1.29 is 57.4 Å². The first-order valence-electron chi connectivity index (χ1n) is 11.2. The van der Waals surface area contributed by atoms with Gasteiger partial charge in [-0.2, -0.15) is 0 Å². The van der Waals surface area contributed by atoms with Crippen molar-refractivity contribution >= 4 is 40.8 Å². The van der Waals surface area contributed by atoms with Crippen molar-refractivity contribution in [2.24, 2.45) is 0 Å². The number of fused-ring (bicyclic) bond motifs is 3. The van der Waals surface area contributed by atoms with Gasteiger partial charge in [-0.05, 0) is 59.2 Å². The zero-order valence-electron chi connectivity index (χ0n) is 19.8. The van der Waals surface area contributed by atoms with Crippen LogP contribution in [0.3, 0.4) is 0 Å². The summed E-state index contributed by atoms with van der Waals surface area (Å²) >= 11 is 1.51. The molecule has 9 heteroatoms. The Bertz CT molecular complexity index is 1510. The average molecular weight is 530 g/mol. The number of carboxylic acids is 1. The number of carboxylic acid groups (broad SMARTS) is 1. The van der Waals surface area contributed by atoms with Crippen LogP contribution in [0.25, 0.3) is 23.1 Å². The van der Waals surface area contributed by atoms with Crippen LogP contribution in [-0.4, -0.2) is 16.7 Å². The van der Waals surface area contributed by atoms with Crippen LogP contribution in [-0.2, 0) is 11.4 Å². The Hall–Kier alpha value is -2.78. The molecule has 0 aliphatic carbocycles. The summed E-state index contributed by atoms with van der Waals surface area (Å²) < 4.78 is 47.2. The third kappa shape index (κ3) is 5.88. The molecule has 5 rings (SSSR count). The van der Waals surface area contributed by atoms with Crippen LogP contribution in [0.1, 0.15) is 39.6 Å². The van der Waals surface area contributed by atoms with E-state index < -0.39 is 23.4 Å². The van der Waals surface area contributed by atoms with Crippen LogP contribution in [0, 0.1) is 17.5 Å². The number of ether oxygens (including phenoxy) is 1. The predicted molar refractivity (Wildman–Crippen MR) is 132 cm³/mol. The maximum Gasteiger partial charge on any atom is 1.00 e. The van der Waals surface area contributed by atoms with Gasteiger partial charge in [-0.3, -0.25) is 0 Å². The smallest absolute Gasteiger partial charge is 0.550 e. The average Bonchev–Trinajstić information content (AvgIpc) is 3.02. The Morgan fingerprint density at radius 2 is 1.84 bits per heavy atom. The molecule has 1 unspecified atom stereocenters. The van der Waals surface area contributed by atoms with Gasteiger partial charge in [-0.25, -0.2) is 18.2 Å². The molecule has 0 saturated heterocycles. The van der Waals surface area contributed by atoms with Crippen molar-refractivity contribution in [3.05, 3.63) is 106 Å². The van der Waals surface area contributed by atoms with E-state index in [4.69, 9.17) is 4.74 Å². The SMILES string of the molecule is O=C([O-])CCSC1c2ccccc2COc2ccc(C=Cc3ccc4c(F)c(F)c(F)cc4n3)cc21.[Na+]. The minimum Gasteiger partial charge on any atom is -0.550 e. The molecule has 0 radical (unpaired) electrons. The number of rotatable bonds is 6. The van der Waals surface area contributed by atoms with Crippen LogP contribution in [0.15, 0.2) is 60.7 Å². The molecule has 0 N–H and O–H groups in total. The molecule has 182 valence electrons. The van der Waals surface area contributed by atoms with E-state index in [-0.39, 0.29) is 52.1 Å². The Labute approximate surface area is 237 Å². The molecule has 4 nitrogen and oxygen atoms in total. The van der Waals surface area contributed by atoms with E-state index in [0.29, 0.717) is 23.8 Å². The first-order chi connectivity index (χ1) is 17.4. The number of carbonyl (C=O) groups excluding carboxylic acids is 1. The maximum absolute atomic E-state index is 14.0. The molecule has 37 heavy (non-hydrogen) atoms. The van der Waals surface area contributed by atoms with Crippen molar-refractivity contribution in [2.75, 3.05) is 5.75 Å². The third-order valence-corrected chi connectivity index (χ3v) is 7.20. The number of aliphatic carboxylic acids is 1. The normalized spacial score (nSPS) is 14.4. The molecule has 1 atom stereocenters. The maximum atomic E-state index is 14.0. The zero-order chi connectivity index (χ0) is 25.2. The first kappa shape index (κ1) is 27.3. The number of hydrogen-bond acceptors (Lipinski definition) is 5. The van der Waals surface area contributed by atoms with Crippen molar-refractivity contribution in [1.82, 2.24) is 4.98 Å². The standard InChI is InChI=1S/C28H20F3NO3S.Na/c29-22-14-23-20(26(30)27(22)31)9-8-18(32-23)7-5-16-6-10-24-21(13-16)28(36-12-11-25(33)34)19-4-2-1-3-17(19)15-35-24;/h1-10,13-14,28H,11-12,15H2,(H,33,34);/q;+1/p-1. The Kier molecular flexibility index (Phi) is 8.64. The molecular formula is C28H19F3NNaO3S. The number of thioether (sulfide) groups is 1. The summed E-state index contributed by atoms with van der Waals surface area (Å²) in [6.45, 7) is 0.407. The van der Waals surface area contributed by atoms with Crippen molar-refractivity contribution in [1.29, 1.82) is 0 Å². The summed E-state index contributed by atoms with van der Waals surface area (Å²) in [5.41, 5.74) is 4.31. The van der Waals surface area contributed by atoms with E-state index in [1.807, 2.05) is 48.5 Å². The second-order valence-electron chi connectivity index (χ2n) is 8.28. The van der Waals surface area contributed by atoms with E-state index in [0.717, 1.165) is 28.3 Å². The second-order valence-corrected chi connectivity index (χ2v) is 9.49. The Balaban J connectivity index is 0.00000320. The molecule has 0 spiro atoms. The van der Waals surface area contributed by atoms with Crippen molar-refractivity contribution in [3.63, 3.8) is 0 Å². The topological polar surface area (TPSA) is 62.2 Å². The van der Waals surface area contributed by atoms with Crippen molar-refractivity contribution in [3.8, 4) is 5.75 Å². The number of aromatic nitrogens is 1. The van der Waals surface area contributed by atoms with Crippen LogP contribution in [0.5, 0.6) is 5.75 Å². The van der Waals surface area contributed by atoms with Gasteiger partial charge < -0.3 is 14.6 Å². The van der Waals surface area contributed by atoms with Gasteiger partial charge in [-0.1, -0.05) is 36.4 Å². The van der Waals surface area contributed by atoms with Crippen LogP contribution < -0.4 is 39.4 Å². The molecular weight excluding hydrogens is 510 g/mol. The number of carbonyl (C=O) groups is 1. The summed E-state index contributed by atoms with van der Waals surface area (Å²) in [4.78, 5) is 15.2. The summed E-state index contributed by atoms with van der Waals surface area (Å²) in [7, 11) is 0. The zero-order valence-corrected chi connectivity index (χ0v) is 22.7. The number of hydrogen-bond donors (Lipinski definition) is 0. The predicted octanol–water partition coefficient (Wildman–Crippen LogP) is 2.68. The quantitative estimate of drug-likeness (QED) is 0.284. The van der Waals surface area contributed by atoms with E-state index >= 15 is 0 Å². The van der Waals surface area contributed by atoms with Gasteiger partial charge in [0.2, 0.25) is 0 Å². The van der Waals surface area contributed by atoms with Gasteiger partial charge in [0.25, 0.3) is 0 Å². The van der Waals surface area contributed by atoms with Crippen LogP contribution in [0.2, 0.25) is 0 Å². The second kappa shape index (κ2) is 11.7. The van der Waals surface area contributed by atoms with Gasteiger partial charge in [0.05, 0.1) is 16.5 Å². The molecule has 1 aromatic heterocycles. The van der Waals surface area contributed by atoms with E-state index in [1.54, 1.807) is 6.08 Å². The fraction of sp³-hybridized carbons (Fsp3) is 0.143. The molecule has 3 aromatic carbocycles. The Morgan fingerprint density at radius 3 is 2.65 bits per heavy atom. The number of nitrogens with zero attached hydrogens (tertiary/aromatic N) is 1. The molecule has 4 aromatic rings. The third-order valence-electron chi connectivity index (χ3n) is 5.92. The van der Waals surface area contributed by atoms with E-state index in [1.165, 1.54) is 23.9 Å². The molecule has 0 saturated carbocycles. The molecule has 0 fully saturated rings. The largest absolute Gasteiger partial charge is 1.00 e. The summed E-state index contributed by atoms with van der Waals surface area (Å²) in [5, 5.41) is 10.8. The minimum absolute atomic E-state index is 0. The van der Waals surface area contributed by atoms with Gasteiger partial charge in [0, 0.05) is 23.0 Å². The molecule has 1 aliphatic rings. The summed E-state index contributed by atoms with van der Waals surface area (Å²) in [6.07, 6.45) is 3.45. The van der Waals surface area contributed by atoms with Crippen LogP contribution >= 0.6 is 11.8 Å². The van der Waals surface area contributed by atoms with Crippen LogP contribution in [0.4, 0.5) is 13.2 Å². The van der Waals surface area contributed by atoms with Gasteiger partial charge >= 0.3 is 29.6 Å². The van der Waals surface area contributed by atoms with E-state index in [9.17, 15) is 23.1 Å². The van der Waals surface area contributed by atoms with Gasteiger partial charge in [0.1, 0.15) is 12.4 Å². The summed E-state index contributed by atoms with van der Waals surface area (Å²) in [6, 6.07) is 17.4. The van der Waals surface area contributed by atoms with E-state index in [2.05, 4.69) is 4.98 Å². The van der Waals surface area contributed by atoms with Gasteiger partial charge in [0.15, 0.2) is 17.5 Å². The minimum atomic E-state index is -1.52. The number of benzene rings is 3. The molecule has 1 aliphatic heterocycles. The molecule has 0 amide bonds. The van der Waals surface area contributed by atoms with Crippen molar-refractivity contribution in [2.45, 2.75) is 18.3 Å². The number of halogens is 3. The molecule has 0 bridgehead atoms. The number of pyridine rings is 1. The Morgan fingerprint density at radius 1 is 1.03 bits per heavy atom. The fourth-order valence-electron chi connectivity index (χ4n) is 4.16. The summed E-state index contributed by atoms with van der Waals surface area (Å²) in [5.74, 6) is -4.07.